The summed E-state index contributed by atoms with van der Waals surface area (Å²) >= 11 is 0. The van der Waals surface area contributed by atoms with Gasteiger partial charge in [0.2, 0.25) is 5.91 Å². The summed E-state index contributed by atoms with van der Waals surface area (Å²) in [6.45, 7) is 6.79. The number of carbonyl (C=O) groups excluding carboxylic acids is 1. The van der Waals surface area contributed by atoms with Gasteiger partial charge in [0.1, 0.15) is 0 Å². The van der Waals surface area contributed by atoms with Gasteiger partial charge in [-0.05, 0) is 17.4 Å². The molecule has 2 aromatic rings. The summed E-state index contributed by atoms with van der Waals surface area (Å²) in [6.07, 6.45) is 4.93. The molecule has 0 saturated carbocycles. The van der Waals surface area contributed by atoms with Crippen molar-refractivity contribution in [3.05, 3.63) is 48.3 Å². The summed E-state index contributed by atoms with van der Waals surface area (Å²) in [4.78, 5) is 20.5. The van der Waals surface area contributed by atoms with Gasteiger partial charge in [0, 0.05) is 30.9 Å². The minimum Gasteiger partial charge on any atom is -0.356 e. The normalized spacial score (nSPS) is 11.2. The zero-order valence-electron chi connectivity index (χ0n) is 13.5. The van der Waals surface area contributed by atoms with Crippen LogP contribution < -0.4 is 5.32 Å². The molecule has 0 saturated heterocycles. The second kappa shape index (κ2) is 7.16. The van der Waals surface area contributed by atoms with Crippen LogP contribution in [0.2, 0.25) is 0 Å². The summed E-state index contributed by atoms with van der Waals surface area (Å²) in [6, 6.07) is 9.89. The lowest BCUT2D eigenvalue weighted by Crippen LogP contribution is -2.29. The van der Waals surface area contributed by atoms with E-state index in [1.54, 1.807) is 0 Å². The van der Waals surface area contributed by atoms with Crippen LogP contribution in [0.4, 0.5) is 0 Å². The molecule has 0 aliphatic carbocycles. The minimum atomic E-state index is 0.0184. The minimum absolute atomic E-state index is 0.0184. The van der Waals surface area contributed by atoms with Crippen LogP contribution in [0.1, 0.15) is 32.8 Å². The van der Waals surface area contributed by atoms with E-state index in [2.05, 4.69) is 36.1 Å². The number of amides is 1. The van der Waals surface area contributed by atoms with Crippen molar-refractivity contribution in [1.29, 1.82) is 0 Å². The number of carbonyl (C=O) groups is 1. The molecule has 116 valence electrons. The van der Waals surface area contributed by atoms with Gasteiger partial charge in [-0.25, -0.2) is 9.97 Å². The van der Waals surface area contributed by atoms with E-state index in [1.165, 1.54) is 0 Å². The van der Waals surface area contributed by atoms with E-state index in [4.69, 9.17) is 0 Å². The molecular weight excluding hydrogens is 274 g/mol. The fraction of sp³-hybridized carbons (Fsp3) is 0.389. The average Bonchev–Trinajstić information content (AvgIpc) is 2.47. The molecule has 0 bridgehead atoms. The molecule has 0 unspecified atom stereocenters. The Kier molecular flexibility index (Phi) is 5.26. The van der Waals surface area contributed by atoms with E-state index < -0.39 is 0 Å². The van der Waals surface area contributed by atoms with Gasteiger partial charge >= 0.3 is 0 Å². The van der Waals surface area contributed by atoms with Crippen molar-refractivity contribution in [3.8, 4) is 11.4 Å². The third-order valence-corrected chi connectivity index (χ3v) is 3.16. The van der Waals surface area contributed by atoms with Crippen molar-refractivity contribution in [1.82, 2.24) is 15.3 Å². The summed E-state index contributed by atoms with van der Waals surface area (Å²) in [7, 11) is 0. The van der Waals surface area contributed by atoms with E-state index in [9.17, 15) is 4.79 Å². The molecule has 0 aliphatic rings. The van der Waals surface area contributed by atoms with Crippen molar-refractivity contribution in [2.45, 2.75) is 33.6 Å². The first kappa shape index (κ1) is 16.1. The Morgan fingerprint density at radius 3 is 2.32 bits per heavy atom. The van der Waals surface area contributed by atoms with Crippen LogP contribution >= 0.6 is 0 Å². The SMILES string of the molecule is CC(C)(C)CC(=O)NCCc1cnc(-c2ccccc2)nc1. The summed E-state index contributed by atoms with van der Waals surface area (Å²) in [5.74, 6) is 0.815. The zero-order valence-corrected chi connectivity index (χ0v) is 13.5. The molecule has 1 aromatic carbocycles. The molecule has 2 rings (SSSR count). The molecule has 0 atom stereocenters. The Balaban J connectivity index is 1.84. The molecular formula is C18H23N3O. The third-order valence-electron chi connectivity index (χ3n) is 3.16. The lowest BCUT2D eigenvalue weighted by atomic mass is 9.92. The molecule has 1 aromatic heterocycles. The molecule has 0 fully saturated rings. The highest BCUT2D eigenvalue weighted by Gasteiger charge is 2.15. The number of nitrogens with one attached hydrogen (secondary N) is 1. The number of hydrogen-bond donors (Lipinski definition) is 1. The molecule has 1 heterocycles. The molecule has 1 amide bonds. The summed E-state index contributed by atoms with van der Waals surface area (Å²) in [5, 5.41) is 2.94. The van der Waals surface area contributed by atoms with Gasteiger partial charge in [0.15, 0.2) is 5.82 Å². The number of benzene rings is 1. The number of nitrogens with zero attached hydrogens (tertiary/aromatic N) is 2. The topological polar surface area (TPSA) is 54.9 Å². The molecule has 4 nitrogen and oxygen atoms in total. The van der Waals surface area contributed by atoms with Crippen LogP contribution in [0.3, 0.4) is 0 Å². The van der Waals surface area contributed by atoms with E-state index in [0.717, 1.165) is 23.4 Å². The highest BCUT2D eigenvalue weighted by molar-refractivity contribution is 5.76. The fourth-order valence-electron chi connectivity index (χ4n) is 2.11. The standard InChI is InChI=1S/C18H23N3O/c1-18(2,3)11-16(22)19-10-9-14-12-20-17(21-13-14)15-7-5-4-6-8-15/h4-8,12-13H,9-11H2,1-3H3,(H,19,22). The van der Waals surface area contributed by atoms with Gasteiger partial charge in [-0.15, -0.1) is 0 Å². The molecule has 4 heteroatoms. The van der Waals surface area contributed by atoms with Crippen molar-refractivity contribution in [2.24, 2.45) is 5.41 Å². The number of aromatic nitrogens is 2. The maximum absolute atomic E-state index is 11.7. The molecule has 0 radical (unpaired) electrons. The van der Waals surface area contributed by atoms with Gasteiger partial charge in [0.05, 0.1) is 0 Å². The molecule has 1 N–H and O–H groups in total. The van der Waals surface area contributed by atoms with Crippen LogP contribution in [0, 0.1) is 5.41 Å². The Bertz CT molecular complexity index is 600. The van der Waals surface area contributed by atoms with E-state index in [0.29, 0.717) is 13.0 Å². The second-order valence-corrected chi connectivity index (χ2v) is 6.62. The summed E-state index contributed by atoms with van der Waals surface area (Å²) < 4.78 is 0. The van der Waals surface area contributed by atoms with Gasteiger partial charge in [-0.1, -0.05) is 51.1 Å². The van der Waals surface area contributed by atoms with E-state index in [-0.39, 0.29) is 11.3 Å². The number of hydrogen-bond acceptors (Lipinski definition) is 3. The highest BCUT2D eigenvalue weighted by Crippen LogP contribution is 2.17. The Morgan fingerprint density at radius 2 is 1.73 bits per heavy atom. The first-order valence-electron chi connectivity index (χ1n) is 7.57. The van der Waals surface area contributed by atoms with Gasteiger partial charge in [-0.2, -0.15) is 0 Å². The second-order valence-electron chi connectivity index (χ2n) is 6.62. The van der Waals surface area contributed by atoms with Crippen molar-refractivity contribution >= 4 is 5.91 Å². The maximum atomic E-state index is 11.7. The quantitative estimate of drug-likeness (QED) is 0.921. The van der Waals surface area contributed by atoms with Crippen LogP contribution in [-0.2, 0) is 11.2 Å². The van der Waals surface area contributed by atoms with Crippen LogP contribution in [0.25, 0.3) is 11.4 Å². The van der Waals surface area contributed by atoms with Gasteiger partial charge < -0.3 is 5.32 Å². The molecule has 22 heavy (non-hydrogen) atoms. The Labute approximate surface area is 132 Å². The largest absolute Gasteiger partial charge is 0.356 e. The fourth-order valence-corrected chi connectivity index (χ4v) is 2.11. The molecule has 0 aliphatic heterocycles. The van der Waals surface area contributed by atoms with Crippen LogP contribution in [-0.4, -0.2) is 22.4 Å². The van der Waals surface area contributed by atoms with Crippen LogP contribution in [0.5, 0.6) is 0 Å². The first-order valence-corrected chi connectivity index (χ1v) is 7.57. The van der Waals surface area contributed by atoms with Crippen molar-refractivity contribution in [3.63, 3.8) is 0 Å². The van der Waals surface area contributed by atoms with E-state index >= 15 is 0 Å². The monoisotopic (exact) mass is 297 g/mol. The first-order chi connectivity index (χ1) is 10.4. The van der Waals surface area contributed by atoms with Gasteiger partial charge in [-0.3, -0.25) is 4.79 Å². The lowest BCUT2D eigenvalue weighted by molar-refractivity contribution is -0.122. The predicted molar refractivity (Wildman–Crippen MR) is 88.3 cm³/mol. The smallest absolute Gasteiger partial charge is 0.220 e. The summed E-state index contributed by atoms with van der Waals surface area (Å²) in [5.41, 5.74) is 2.05. The van der Waals surface area contributed by atoms with Crippen molar-refractivity contribution in [2.75, 3.05) is 6.54 Å². The Morgan fingerprint density at radius 1 is 1.09 bits per heavy atom. The zero-order chi connectivity index (χ0) is 16.0. The van der Waals surface area contributed by atoms with E-state index in [1.807, 2.05) is 42.7 Å². The lowest BCUT2D eigenvalue weighted by Gasteiger charge is -2.17. The molecule has 0 spiro atoms. The third kappa shape index (κ3) is 5.28. The maximum Gasteiger partial charge on any atom is 0.220 e. The Hall–Kier alpha value is -2.23. The number of rotatable bonds is 5. The average molecular weight is 297 g/mol. The van der Waals surface area contributed by atoms with Gasteiger partial charge in [0.25, 0.3) is 0 Å². The van der Waals surface area contributed by atoms with Crippen LogP contribution in [0.15, 0.2) is 42.7 Å². The van der Waals surface area contributed by atoms with Crippen molar-refractivity contribution < 1.29 is 4.79 Å². The predicted octanol–water partition coefficient (Wildman–Crippen LogP) is 3.24. The highest BCUT2D eigenvalue weighted by atomic mass is 16.1.